The minimum Gasteiger partial charge on any atom is -0.481 e. The van der Waals surface area contributed by atoms with Crippen LogP contribution in [-0.4, -0.2) is 17.6 Å². The molecule has 1 unspecified atom stereocenters. The molecule has 0 spiro atoms. The summed E-state index contributed by atoms with van der Waals surface area (Å²) in [5.74, 6) is -0.317. The largest absolute Gasteiger partial charge is 0.481 e. The topological polar surface area (TPSA) is 73.1 Å². The number of rotatable bonds is 8. The van der Waals surface area contributed by atoms with E-state index >= 15 is 0 Å². The minimum atomic E-state index is -0.729. The summed E-state index contributed by atoms with van der Waals surface area (Å²) >= 11 is 0. The lowest BCUT2D eigenvalue weighted by Crippen LogP contribution is -2.17. The van der Waals surface area contributed by atoms with Crippen LogP contribution in [0.2, 0.25) is 0 Å². The second-order valence-electron chi connectivity index (χ2n) is 4.82. The molecule has 0 fully saturated rings. The SMILES string of the molecule is CC(CCNCc1cccc(C#N)c1)CCC(=O)O. The summed E-state index contributed by atoms with van der Waals surface area (Å²) < 4.78 is 0. The van der Waals surface area contributed by atoms with E-state index in [0.29, 0.717) is 11.5 Å². The maximum atomic E-state index is 10.4. The molecular weight excluding hydrogens is 240 g/mol. The van der Waals surface area contributed by atoms with Crippen molar-refractivity contribution in [2.45, 2.75) is 32.7 Å². The zero-order valence-corrected chi connectivity index (χ0v) is 11.2. The van der Waals surface area contributed by atoms with Gasteiger partial charge in [0.25, 0.3) is 0 Å². The normalized spacial score (nSPS) is 11.8. The predicted molar refractivity (Wildman–Crippen MR) is 73.5 cm³/mol. The molecule has 0 saturated heterocycles. The van der Waals surface area contributed by atoms with Gasteiger partial charge >= 0.3 is 5.97 Å². The highest BCUT2D eigenvalue weighted by Gasteiger charge is 2.05. The van der Waals surface area contributed by atoms with Gasteiger partial charge in [-0.25, -0.2) is 0 Å². The van der Waals surface area contributed by atoms with Gasteiger partial charge in [-0.15, -0.1) is 0 Å². The van der Waals surface area contributed by atoms with Gasteiger partial charge in [0.15, 0.2) is 0 Å². The van der Waals surface area contributed by atoms with Crippen molar-refractivity contribution in [1.82, 2.24) is 5.32 Å². The van der Waals surface area contributed by atoms with Crippen molar-refractivity contribution < 1.29 is 9.90 Å². The van der Waals surface area contributed by atoms with E-state index < -0.39 is 5.97 Å². The second-order valence-corrected chi connectivity index (χ2v) is 4.82. The Hall–Kier alpha value is -1.86. The third kappa shape index (κ3) is 6.58. The van der Waals surface area contributed by atoms with Crippen LogP contribution >= 0.6 is 0 Å². The lowest BCUT2D eigenvalue weighted by molar-refractivity contribution is -0.137. The predicted octanol–water partition coefficient (Wildman–Crippen LogP) is 2.54. The van der Waals surface area contributed by atoms with Gasteiger partial charge in [-0.3, -0.25) is 4.79 Å². The highest BCUT2D eigenvalue weighted by atomic mass is 16.4. The summed E-state index contributed by atoms with van der Waals surface area (Å²) in [4.78, 5) is 10.4. The van der Waals surface area contributed by atoms with Crippen LogP contribution in [0.1, 0.15) is 37.3 Å². The zero-order chi connectivity index (χ0) is 14.1. The van der Waals surface area contributed by atoms with E-state index in [4.69, 9.17) is 10.4 Å². The molecule has 4 nitrogen and oxygen atoms in total. The summed E-state index contributed by atoms with van der Waals surface area (Å²) in [6.45, 7) is 3.67. The van der Waals surface area contributed by atoms with E-state index in [2.05, 4.69) is 18.3 Å². The number of nitrogens with zero attached hydrogens (tertiary/aromatic N) is 1. The standard InChI is InChI=1S/C15H20N2O2/c1-12(5-6-15(18)19)7-8-17-11-14-4-2-3-13(9-14)10-16/h2-4,9,12,17H,5-8,11H2,1H3,(H,18,19). The summed E-state index contributed by atoms with van der Waals surface area (Å²) in [5, 5.41) is 20.7. The molecular formula is C15H20N2O2. The maximum Gasteiger partial charge on any atom is 0.303 e. The van der Waals surface area contributed by atoms with Gasteiger partial charge < -0.3 is 10.4 Å². The van der Waals surface area contributed by atoms with Gasteiger partial charge in [-0.2, -0.15) is 5.26 Å². The first-order valence-electron chi connectivity index (χ1n) is 6.53. The Labute approximate surface area is 114 Å². The van der Waals surface area contributed by atoms with E-state index in [1.165, 1.54) is 0 Å². The van der Waals surface area contributed by atoms with E-state index in [1.54, 1.807) is 6.07 Å². The van der Waals surface area contributed by atoms with Gasteiger partial charge in [-0.05, 0) is 43.0 Å². The Morgan fingerprint density at radius 3 is 2.95 bits per heavy atom. The van der Waals surface area contributed by atoms with Crippen LogP contribution in [0, 0.1) is 17.2 Å². The fourth-order valence-electron chi connectivity index (χ4n) is 1.85. The van der Waals surface area contributed by atoms with Crippen molar-refractivity contribution in [3.8, 4) is 6.07 Å². The van der Waals surface area contributed by atoms with Crippen molar-refractivity contribution in [3.63, 3.8) is 0 Å². The van der Waals surface area contributed by atoms with Gasteiger partial charge in [0.1, 0.15) is 0 Å². The molecule has 1 atom stereocenters. The summed E-state index contributed by atoms with van der Waals surface area (Å²) in [6.07, 6.45) is 1.93. The van der Waals surface area contributed by atoms with E-state index in [-0.39, 0.29) is 6.42 Å². The molecule has 1 aromatic carbocycles. The highest BCUT2D eigenvalue weighted by Crippen LogP contribution is 2.09. The molecule has 1 rings (SSSR count). The Kier molecular flexibility index (Phi) is 6.62. The van der Waals surface area contributed by atoms with E-state index in [0.717, 1.165) is 31.5 Å². The van der Waals surface area contributed by atoms with E-state index in [9.17, 15) is 4.79 Å². The maximum absolute atomic E-state index is 10.4. The summed E-state index contributed by atoms with van der Waals surface area (Å²) in [7, 11) is 0. The van der Waals surface area contributed by atoms with Crippen molar-refractivity contribution in [2.24, 2.45) is 5.92 Å². The third-order valence-electron chi connectivity index (χ3n) is 3.05. The molecule has 0 aliphatic carbocycles. The van der Waals surface area contributed by atoms with Crippen molar-refractivity contribution in [1.29, 1.82) is 5.26 Å². The number of carboxylic acid groups (broad SMARTS) is 1. The average molecular weight is 260 g/mol. The number of benzene rings is 1. The highest BCUT2D eigenvalue weighted by molar-refractivity contribution is 5.66. The average Bonchev–Trinajstić information content (AvgIpc) is 2.41. The second kappa shape index (κ2) is 8.28. The van der Waals surface area contributed by atoms with Crippen molar-refractivity contribution in [2.75, 3.05) is 6.54 Å². The quantitative estimate of drug-likeness (QED) is 0.704. The van der Waals surface area contributed by atoms with Crippen LogP contribution < -0.4 is 5.32 Å². The number of carboxylic acids is 1. The van der Waals surface area contributed by atoms with Crippen LogP contribution in [0.25, 0.3) is 0 Å². The molecule has 0 radical (unpaired) electrons. The van der Waals surface area contributed by atoms with Crippen LogP contribution in [0.5, 0.6) is 0 Å². The Morgan fingerprint density at radius 2 is 2.26 bits per heavy atom. The van der Waals surface area contributed by atoms with Crippen molar-refractivity contribution >= 4 is 5.97 Å². The monoisotopic (exact) mass is 260 g/mol. The van der Waals surface area contributed by atoms with Gasteiger partial charge in [-0.1, -0.05) is 19.1 Å². The minimum absolute atomic E-state index is 0.241. The first-order chi connectivity index (χ1) is 9.11. The van der Waals surface area contributed by atoms with Crippen molar-refractivity contribution in [3.05, 3.63) is 35.4 Å². The molecule has 102 valence electrons. The number of nitrogens with one attached hydrogen (secondary N) is 1. The molecule has 4 heteroatoms. The third-order valence-corrected chi connectivity index (χ3v) is 3.05. The first kappa shape index (κ1) is 15.2. The Balaban J connectivity index is 2.20. The number of hydrogen-bond acceptors (Lipinski definition) is 3. The van der Waals surface area contributed by atoms with Crippen LogP contribution in [0.15, 0.2) is 24.3 Å². The van der Waals surface area contributed by atoms with Crippen LogP contribution in [0.4, 0.5) is 0 Å². The molecule has 0 aromatic heterocycles. The number of carbonyl (C=O) groups is 1. The molecule has 19 heavy (non-hydrogen) atoms. The summed E-state index contributed by atoms with van der Waals surface area (Å²) in [5.41, 5.74) is 1.77. The lowest BCUT2D eigenvalue weighted by atomic mass is 10.0. The van der Waals surface area contributed by atoms with Gasteiger partial charge in [0.05, 0.1) is 11.6 Å². The Bertz CT molecular complexity index is 452. The Morgan fingerprint density at radius 1 is 1.47 bits per heavy atom. The van der Waals surface area contributed by atoms with Crippen LogP contribution in [0.3, 0.4) is 0 Å². The molecule has 1 aromatic rings. The smallest absolute Gasteiger partial charge is 0.303 e. The lowest BCUT2D eigenvalue weighted by Gasteiger charge is -2.10. The zero-order valence-electron chi connectivity index (χ0n) is 11.2. The molecule has 0 saturated carbocycles. The fourth-order valence-corrected chi connectivity index (χ4v) is 1.85. The number of hydrogen-bond donors (Lipinski definition) is 2. The molecule has 0 aliphatic rings. The summed E-state index contributed by atoms with van der Waals surface area (Å²) in [6, 6.07) is 9.65. The van der Waals surface area contributed by atoms with Gasteiger partial charge in [0, 0.05) is 13.0 Å². The van der Waals surface area contributed by atoms with Crippen LogP contribution in [-0.2, 0) is 11.3 Å². The first-order valence-corrected chi connectivity index (χ1v) is 6.53. The molecule has 0 amide bonds. The van der Waals surface area contributed by atoms with E-state index in [1.807, 2.05) is 18.2 Å². The van der Waals surface area contributed by atoms with Gasteiger partial charge in [0.2, 0.25) is 0 Å². The molecule has 2 N–H and O–H groups in total. The molecule has 0 bridgehead atoms. The number of nitriles is 1. The molecule has 0 aliphatic heterocycles. The fraction of sp³-hybridized carbons (Fsp3) is 0.467. The number of aliphatic carboxylic acids is 1. The molecule has 0 heterocycles.